The number of nitrogens with zero attached hydrogens (tertiary/aromatic N) is 2. The van der Waals surface area contributed by atoms with Crippen molar-refractivity contribution in [3.8, 4) is 0 Å². The quantitative estimate of drug-likeness (QED) is 0.836. The van der Waals surface area contributed by atoms with E-state index in [-0.39, 0.29) is 6.04 Å². The first kappa shape index (κ1) is 15.8. The van der Waals surface area contributed by atoms with Gasteiger partial charge in [-0.15, -0.1) is 0 Å². The molecule has 0 unspecified atom stereocenters. The highest BCUT2D eigenvalue weighted by Gasteiger charge is 2.34. The molecular weight excluding hydrogens is 250 g/mol. The average Bonchev–Trinajstić information content (AvgIpc) is 2.45. The third kappa shape index (κ3) is 3.95. The van der Waals surface area contributed by atoms with E-state index in [9.17, 15) is 4.79 Å². The highest BCUT2D eigenvalue weighted by Crippen LogP contribution is 2.26. The monoisotopic (exact) mass is 281 g/mol. The molecule has 1 amide bonds. The van der Waals surface area contributed by atoms with Gasteiger partial charge < -0.3 is 10.6 Å². The fourth-order valence-electron chi connectivity index (χ4n) is 3.58. The third-order valence-electron chi connectivity index (χ3n) is 5.04. The van der Waals surface area contributed by atoms with Gasteiger partial charge in [-0.25, -0.2) is 0 Å². The summed E-state index contributed by atoms with van der Waals surface area (Å²) in [5.74, 6) is 1.08. The molecule has 1 aliphatic heterocycles. The predicted molar refractivity (Wildman–Crippen MR) is 82.5 cm³/mol. The number of rotatable bonds is 5. The summed E-state index contributed by atoms with van der Waals surface area (Å²) < 4.78 is 0. The Hall–Kier alpha value is -0.610. The molecule has 20 heavy (non-hydrogen) atoms. The summed E-state index contributed by atoms with van der Waals surface area (Å²) in [4.78, 5) is 16.8. The van der Waals surface area contributed by atoms with Gasteiger partial charge in [-0.2, -0.15) is 0 Å². The zero-order valence-corrected chi connectivity index (χ0v) is 13.2. The van der Waals surface area contributed by atoms with Crippen molar-refractivity contribution in [1.29, 1.82) is 0 Å². The molecule has 1 aliphatic carbocycles. The van der Waals surface area contributed by atoms with Crippen molar-refractivity contribution in [3.63, 3.8) is 0 Å². The highest BCUT2D eigenvalue weighted by molar-refractivity contribution is 5.82. The van der Waals surface area contributed by atoms with Gasteiger partial charge in [0.25, 0.3) is 0 Å². The highest BCUT2D eigenvalue weighted by atomic mass is 16.2. The molecule has 0 radical (unpaired) electrons. The Balaban J connectivity index is 1.91. The molecule has 4 nitrogen and oxygen atoms in total. The van der Waals surface area contributed by atoms with Crippen molar-refractivity contribution in [2.75, 3.05) is 26.7 Å². The Bertz CT molecular complexity index is 313. The average molecular weight is 281 g/mol. The van der Waals surface area contributed by atoms with Crippen LogP contribution in [0.5, 0.6) is 0 Å². The summed E-state index contributed by atoms with van der Waals surface area (Å²) in [6.07, 6.45) is 8.13. The minimum atomic E-state index is 0.129. The van der Waals surface area contributed by atoms with E-state index in [1.54, 1.807) is 0 Å². The van der Waals surface area contributed by atoms with Crippen molar-refractivity contribution in [1.82, 2.24) is 9.80 Å². The van der Waals surface area contributed by atoms with Crippen LogP contribution in [0.25, 0.3) is 0 Å². The van der Waals surface area contributed by atoms with E-state index in [4.69, 9.17) is 5.73 Å². The minimum Gasteiger partial charge on any atom is -0.343 e. The van der Waals surface area contributed by atoms with E-state index in [0.717, 1.165) is 51.2 Å². The van der Waals surface area contributed by atoms with Gasteiger partial charge in [-0.05, 0) is 38.0 Å². The van der Waals surface area contributed by atoms with Gasteiger partial charge in [0, 0.05) is 32.7 Å². The van der Waals surface area contributed by atoms with Crippen LogP contribution in [-0.2, 0) is 4.79 Å². The van der Waals surface area contributed by atoms with Crippen molar-refractivity contribution < 1.29 is 4.79 Å². The van der Waals surface area contributed by atoms with Gasteiger partial charge >= 0.3 is 0 Å². The van der Waals surface area contributed by atoms with E-state index < -0.39 is 0 Å². The molecule has 0 aromatic carbocycles. The number of nitrogens with two attached hydrogens (primary N) is 1. The van der Waals surface area contributed by atoms with Crippen molar-refractivity contribution >= 4 is 5.91 Å². The van der Waals surface area contributed by atoms with Gasteiger partial charge in [0.1, 0.15) is 0 Å². The number of carbonyl (C=O) groups excluding carboxylic acids is 1. The molecule has 2 N–H and O–H groups in total. The number of piperazine rings is 1. The van der Waals surface area contributed by atoms with Crippen LogP contribution in [0.4, 0.5) is 0 Å². The van der Waals surface area contributed by atoms with Gasteiger partial charge in [-0.3, -0.25) is 9.69 Å². The van der Waals surface area contributed by atoms with E-state index in [2.05, 4.69) is 11.8 Å². The number of amides is 1. The second kappa shape index (κ2) is 7.41. The number of hydrogen-bond donors (Lipinski definition) is 1. The predicted octanol–water partition coefficient (Wildman–Crippen LogP) is 1.84. The van der Waals surface area contributed by atoms with Gasteiger partial charge in [0.15, 0.2) is 0 Å². The lowest BCUT2D eigenvalue weighted by molar-refractivity contribution is -0.141. The Labute approximate surface area is 123 Å². The van der Waals surface area contributed by atoms with Crippen molar-refractivity contribution in [2.45, 2.75) is 64.0 Å². The first-order chi connectivity index (χ1) is 9.61. The van der Waals surface area contributed by atoms with Crippen molar-refractivity contribution in [2.24, 2.45) is 11.7 Å². The Morgan fingerprint density at radius 2 is 1.90 bits per heavy atom. The molecule has 1 atom stereocenters. The topological polar surface area (TPSA) is 49.6 Å². The zero-order valence-electron chi connectivity index (χ0n) is 13.2. The number of carbonyl (C=O) groups is 1. The van der Waals surface area contributed by atoms with Crippen LogP contribution in [0.1, 0.15) is 51.9 Å². The molecule has 0 spiro atoms. The normalized spacial score (nSPS) is 32.6. The largest absolute Gasteiger partial charge is 0.343 e. The Morgan fingerprint density at radius 1 is 1.20 bits per heavy atom. The second-order valence-corrected chi connectivity index (χ2v) is 6.69. The Morgan fingerprint density at radius 3 is 2.55 bits per heavy atom. The summed E-state index contributed by atoms with van der Waals surface area (Å²) in [7, 11) is 1.94. The van der Waals surface area contributed by atoms with Crippen LogP contribution in [0, 0.1) is 5.92 Å². The maximum Gasteiger partial charge on any atom is 0.239 e. The fourth-order valence-corrected chi connectivity index (χ4v) is 3.58. The molecule has 2 rings (SSSR count). The number of likely N-dealkylation sites (N-methyl/N-ethyl adjacent to an activating group) is 1. The van der Waals surface area contributed by atoms with E-state index >= 15 is 0 Å². The summed E-state index contributed by atoms with van der Waals surface area (Å²) in [5, 5.41) is 0. The molecule has 2 fully saturated rings. The van der Waals surface area contributed by atoms with Crippen molar-refractivity contribution in [3.05, 3.63) is 0 Å². The lowest BCUT2D eigenvalue weighted by atomic mass is 9.85. The fraction of sp³-hybridized carbons (Fsp3) is 0.938. The van der Waals surface area contributed by atoms with Crippen LogP contribution in [0.15, 0.2) is 0 Å². The van der Waals surface area contributed by atoms with Crippen LogP contribution in [-0.4, -0.2) is 54.5 Å². The molecule has 4 heteroatoms. The van der Waals surface area contributed by atoms with Crippen LogP contribution in [0.3, 0.4) is 0 Å². The maximum atomic E-state index is 12.4. The van der Waals surface area contributed by atoms with Gasteiger partial charge in [0.2, 0.25) is 5.91 Å². The third-order valence-corrected chi connectivity index (χ3v) is 5.04. The summed E-state index contributed by atoms with van der Waals surface area (Å²) in [6, 6.07) is 0.542. The molecule has 1 saturated carbocycles. The van der Waals surface area contributed by atoms with E-state index in [1.165, 1.54) is 19.3 Å². The second-order valence-electron chi connectivity index (χ2n) is 6.69. The SMILES string of the molecule is CCCC[C@H]1C(=O)N(C)CCN1CC1CCC(N)CC1. The molecule has 2 aliphatic rings. The molecule has 0 aromatic heterocycles. The lowest BCUT2D eigenvalue weighted by Gasteiger charge is -2.41. The summed E-state index contributed by atoms with van der Waals surface area (Å²) in [6.45, 7) is 5.22. The molecule has 1 saturated heterocycles. The van der Waals surface area contributed by atoms with Crippen LogP contribution in [0.2, 0.25) is 0 Å². The molecule has 116 valence electrons. The standard InChI is InChI=1S/C16H31N3O/c1-3-4-5-15-16(20)18(2)10-11-19(15)12-13-6-8-14(17)9-7-13/h13-15H,3-12,17H2,1-2H3/t13?,14?,15-/m0/s1. The van der Waals surface area contributed by atoms with Crippen LogP contribution >= 0.6 is 0 Å². The van der Waals surface area contributed by atoms with E-state index in [1.807, 2.05) is 11.9 Å². The molecule has 0 bridgehead atoms. The lowest BCUT2D eigenvalue weighted by Crippen LogP contribution is -2.56. The minimum absolute atomic E-state index is 0.129. The van der Waals surface area contributed by atoms with E-state index in [0.29, 0.717) is 11.9 Å². The van der Waals surface area contributed by atoms with Gasteiger partial charge in [0.05, 0.1) is 6.04 Å². The first-order valence-corrected chi connectivity index (χ1v) is 8.36. The van der Waals surface area contributed by atoms with Crippen LogP contribution < -0.4 is 5.73 Å². The summed E-state index contributed by atoms with van der Waals surface area (Å²) >= 11 is 0. The summed E-state index contributed by atoms with van der Waals surface area (Å²) in [5.41, 5.74) is 5.99. The molecule has 1 heterocycles. The van der Waals surface area contributed by atoms with Gasteiger partial charge in [-0.1, -0.05) is 19.8 Å². The first-order valence-electron chi connectivity index (χ1n) is 8.36. The molecular formula is C16H31N3O. The zero-order chi connectivity index (χ0) is 14.5. The number of unbranched alkanes of at least 4 members (excludes halogenated alkanes) is 1. The Kier molecular flexibility index (Phi) is 5.85. The molecule has 0 aromatic rings. The number of hydrogen-bond acceptors (Lipinski definition) is 3. The smallest absolute Gasteiger partial charge is 0.239 e. The maximum absolute atomic E-state index is 12.4.